The number of hydrogen-bond donors (Lipinski definition) is 1. The van der Waals surface area contributed by atoms with Crippen LogP contribution in [0.4, 0.5) is 4.39 Å². The summed E-state index contributed by atoms with van der Waals surface area (Å²) in [5.74, 6) is -1.38. The highest BCUT2D eigenvalue weighted by atomic mass is 32.2. The number of benzene rings is 2. The van der Waals surface area contributed by atoms with Gasteiger partial charge in [-0.3, -0.25) is 9.59 Å². The molecule has 0 radical (unpaired) electrons. The number of nitrogens with one attached hydrogen (secondary N) is 1. The van der Waals surface area contributed by atoms with Gasteiger partial charge in [-0.15, -0.1) is 0 Å². The lowest BCUT2D eigenvalue weighted by Gasteiger charge is -2.28. The molecule has 2 unspecified atom stereocenters. The maximum absolute atomic E-state index is 14.5. The Kier molecular flexibility index (Phi) is 7.97. The number of nitrogens with zero attached hydrogens (tertiary/aromatic N) is 2. The molecule has 1 N–H and O–H groups in total. The molecule has 1 aromatic heterocycles. The van der Waals surface area contributed by atoms with Gasteiger partial charge in [-0.1, -0.05) is 12.1 Å². The molecule has 2 heterocycles. The fourth-order valence-electron chi connectivity index (χ4n) is 4.28. The van der Waals surface area contributed by atoms with E-state index in [-0.39, 0.29) is 24.1 Å². The summed E-state index contributed by atoms with van der Waals surface area (Å²) in [6.07, 6.45) is 4.02. The predicted octanol–water partition coefficient (Wildman–Crippen LogP) is 3.45. The molecule has 2 aromatic carbocycles. The zero-order valence-corrected chi connectivity index (χ0v) is 21.9. The number of pyridine rings is 1. The van der Waals surface area contributed by atoms with Crippen LogP contribution in [0.1, 0.15) is 38.2 Å². The number of hydrogen-bond acceptors (Lipinski definition) is 7. The highest BCUT2D eigenvalue weighted by molar-refractivity contribution is 7.92. The van der Waals surface area contributed by atoms with Gasteiger partial charge in [-0.05, 0) is 67.5 Å². The Hall–Kier alpha value is -3.59. The number of carbonyl (C=O) groups is 1. The van der Waals surface area contributed by atoms with Crippen LogP contribution >= 0.6 is 0 Å². The number of ether oxygens (including phenoxy) is 1. The van der Waals surface area contributed by atoms with Crippen LogP contribution in [-0.4, -0.2) is 42.8 Å². The zero-order valence-electron chi connectivity index (χ0n) is 21.1. The van der Waals surface area contributed by atoms with E-state index in [4.69, 9.17) is 14.8 Å². The molecule has 1 aliphatic rings. The van der Waals surface area contributed by atoms with Gasteiger partial charge in [0.1, 0.15) is 5.82 Å². The van der Waals surface area contributed by atoms with Crippen molar-refractivity contribution in [2.45, 2.75) is 50.2 Å². The second kappa shape index (κ2) is 11.0. The molecule has 1 saturated heterocycles. The fraction of sp³-hybridized carbons (Fsp3) is 0.370. The number of rotatable bonds is 8. The molecule has 0 aliphatic carbocycles. The number of amides is 1. The van der Waals surface area contributed by atoms with Crippen LogP contribution in [0.15, 0.2) is 53.5 Å². The molecule has 0 saturated carbocycles. The van der Waals surface area contributed by atoms with E-state index >= 15 is 0 Å². The van der Waals surface area contributed by atoms with Gasteiger partial charge in [0, 0.05) is 43.0 Å². The lowest BCUT2D eigenvalue weighted by Crippen LogP contribution is -2.51. The molecule has 200 valence electrons. The largest absolute Gasteiger partial charge is 0.350 e. The van der Waals surface area contributed by atoms with Gasteiger partial charge in [-0.25, -0.2) is 23.1 Å². The summed E-state index contributed by atoms with van der Waals surface area (Å²) in [6.45, 7) is 1.75. The van der Waals surface area contributed by atoms with Gasteiger partial charge in [0.15, 0.2) is 20.9 Å². The van der Waals surface area contributed by atoms with Crippen molar-refractivity contribution in [2.24, 2.45) is 0 Å². The van der Waals surface area contributed by atoms with Crippen molar-refractivity contribution in [2.75, 3.05) is 12.9 Å². The Bertz CT molecular complexity index is 1570. The van der Waals surface area contributed by atoms with Crippen LogP contribution in [0.3, 0.4) is 0 Å². The van der Waals surface area contributed by atoms with Crippen molar-refractivity contribution < 1.29 is 27.2 Å². The van der Waals surface area contributed by atoms with Gasteiger partial charge in [0.2, 0.25) is 0 Å². The average Bonchev–Trinajstić information content (AvgIpc) is 2.90. The molecule has 1 aliphatic heterocycles. The molecule has 1 fully saturated rings. The van der Waals surface area contributed by atoms with Crippen LogP contribution < -0.4 is 11.0 Å². The van der Waals surface area contributed by atoms with Crippen LogP contribution in [0, 0.1) is 17.1 Å². The maximum Gasteiger partial charge on any atom is 0.264 e. The summed E-state index contributed by atoms with van der Waals surface area (Å²) < 4.78 is 44.6. The van der Waals surface area contributed by atoms with E-state index in [1.165, 1.54) is 29.8 Å². The number of nitriles is 1. The Balaban J connectivity index is 1.54. The molecule has 11 heteroatoms. The third-order valence-electron chi connectivity index (χ3n) is 6.94. The summed E-state index contributed by atoms with van der Waals surface area (Å²) in [4.78, 5) is 31.4. The lowest BCUT2D eigenvalue weighted by atomic mass is 10.0. The number of sulfone groups is 1. The molecule has 4 rings (SSSR count). The summed E-state index contributed by atoms with van der Waals surface area (Å²) in [6, 6.07) is 12.6. The van der Waals surface area contributed by atoms with Crippen LogP contribution in [-0.2, 0) is 30.8 Å². The van der Waals surface area contributed by atoms with E-state index in [0.29, 0.717) is 34.9 Å². The molecule has 0 spiro atoms. The van der Waals surface area contributed by atoms with Crippen molar-refractivity contribution in [3.63, 3.8) is 0 Å². The number of carbonyl (C=O) groups excluding carboxylic acids is 1. The predicted molar refractivity (Wildman–Crippen MR) is 139 cm³/mol. The van der Waals surface area contributed by atoms with Gasteiger partial charge < -0.3 is 9.30 Å². The van der Waals surface area contributed by atoms with Crippen LogP contribution in [0.25, 0.3) is 21.9 Å². The van der Waals surface area contributed by atoms with Gasteiger partial charge in [-0.2, -0.15) is 5.26 Å². The SMILES string of the molecule is CC(CCn1ccc2cc(-c3ccc(C#N)cc3F)ccc2c1=O)(C(=O)NOC1CCCCO1)S(C)(=O)=O. The zero-order chi connectivity index (χ0) is 27.5. The monoisotopic (exact) mass is 541 g/mol. The standard InChI is InChI=1S/C27H28FN3O6S/c1-27(38(2,34)35,26(33)30-37-24-5-3-4-14-36-24)11-13-31-12-10-20-16-19(7-9-22(20)25(31)32)21-8-6-18(17-29)15-23(21)28/h6-10,12,15-16,24H,3-5,11,13-14H2,1-2H3,(H,30,33). The molecule has 38 heavy (non-hydrogen) atoms. The first kappa shape index (κ1) is 27.4. The van der Waals surface area contributed by atoms with Crippen molar-refractivity contribution >= 4 is 26.5 Å². The first-order valence-electron chi connectivity index (χ1n) is 12.1. The molecule has 3 aromatic rings. The quantitative estimate of drug-likeness (QED) is 0.433. The second-order valence-electron chi connectivity index (χ2n) is 9.52. The minimum absolute atomic E-state index is 0.0440. The Morgan fingerprint density at radius 2 is 2.05 bits per heavy atom. The smallest absolute Gasteiger partial charge is 0.264 e. The van der Waals surface area contributed by atoms with E-state index in [0.717, 1.165) is 25.2 Å². The van der Waals surface area contributed by atoms with E-state index in [1.54, 1.807) is 24.3 Å². The normalized spacial score (nSPS) is 17.5. The summed E-state index contributed by atoms with van der Waals surface area (Å²) in [5, 5.41) is 9.87. The van der Waals surface area contributed by atoms with Crippen molar-refractivity contribution in [1.29, 1.82) is 5.26 Å². The second-order valence-corrected chi connectivity index (χ2v) is 12.0. The van der Waals surface area contributed by atoms with Gasteiger partial charge in [0.05, 0.1) is 11.6 Å². The average molecular weight is 542 g/mol. The van der Waals surface area contributed by atoms with Crippen molar-refractivity contribution in [1.82, 2.24) is 10.0 Å². The first-order valence-corrected chi connectivity index (χ1v) is 14.0. The van der Waals surface area contributed by atoms with Crippen LogP contribution in [0.5, 0.6) is 0 Å². The highest BCUT2D eigenvalue weighted by Gasteiger charge is 2.44. The van der Waals surface area contributed by atoms with E-state index in [1.807, 2.05) is 6.07 Å². The van der Waals surface area contributed by atoms with Crippen molar-refractivity contribution in [3.8, 4) is 17.2 Å². The number of halogens is 1. The number of fused-ring (bicyclic) bond motifs is 1. The number of aryl methyl sites for hydroxylation is 1. The minimum atomic E-state index is -3.89. The first-order chi connectivity index (χ1) is 18.0. The molecular formula is C27H28FN3O6S. The van der Waals surface area contributed by atoms with E-state index in [2.05, 4.69) is 5.48 Å². The highest BCUT2D eigenvalue weighted by Crippen LogP contribution is 2.27. The summed E-state index contributed by atoms with van der Waals surface area (Å²) >= 11 is 0. The molecular weight excluding hydrogens is 513 g/mol. The Morgan fingerprint density at radius 3 is 2.71 bits per heavy atom. The minimum Gasteiger partial charge on any atom is -0.350 e. The number of hydroxylamine groups is 1. The summed E-state index contributed by atoms with van der Waals surface area (Å²) in [5.41, 5.74) is 2.90. The molecule has 9 nitrogen and oxygen atoms in total. The third kappa shape index (κ3) is 5.62. The van der Waals surface area contributed by atoms with E-state index in [9.17, 15) is 22.4 Å². The topological polar surface area (TPSA) is 127 Å². The maximum atomic E-state index is 14.5. The van der Waals surface area contributed by atoms with Crippen molar-refractivity contribution in [3.05, 3.63) is 70.4 Å². The fourth-order valence-corrected chi connectivity index (χ4v) is 5.12. The van der Waals surface area contributed by atoms with E-state index < -0.39 is 32.6 Å². The third-order valence-corrected chi connectivity index (χ3v) is 8.96. The van der Waals surface area contributed by atoms with Crippen LogP contribution in [0.2, 0.25) is 0 Å². The lowest BCUT2D eigenvalue weighted by molar-refractivity contribution is -0.201. The summed E-state index contributed by atoms with van der Waals surface area (Å²) in [7, 11) is -3.89. The Labute approximate surface area is 219 Å². The number of aromatic nitrogens is 1. The molecule has 1 amide bonds. The molecule has 2 atom stereocenters. The van der Waals surface area contributed by atoms with Gasteiger partial charge >= 0.3 is 0 Å². The molecule has 0 bridgehead atoms. The van der Waals surface area contributed by atoms with Gasteiger partial charge in [0.25, 0.3) is 11.5 Å². The Morgan fingerprint density at radius 1 is 1.26 bits per heavy atom.